The topological polar surface area (TPSA) is 40.5 Å². The highest BCUT2D eigenvalue weighted by atomic mass is 35.5. The number of hydrogen-bond donors (Lipinski definition) is 1. The van der Waals surface area contributed by atoms with Gasteiger partial charge in [0.1, 0.15) is 11.6 Å². The average Bonchev–Trinajstić information content (AvgIpc) is 2.45. The number of carbonyl (C=O) groups excluding carboxylic acids is 1. The van der Waals surface area contributed by atoms with Gasteiger partial charge >= 0.3 is 0 Å². The fourth-order valence-corrected chi connectivity index (χ4v) is 2.24. The van der Waals surface area contributed by atoms with E-state index in [1.165, 1.54) is 17.0 Å². The van der Waals surface area contributed by atoms with Crippen LogP contribution < -0.4 is 0 Å². The Bertz CT molecular complexity index is 675. The van der Waals surface area contributed by atoms with Crippen LogP contribution in [0.5, 0.6) is 5.75 Å². The summed E-state index contributed by atoms with van der Waals surface area (Å²) in [5, 5.41) is 10.1. The fourth-order valence-electron chi connectivity index (χ4n) is 2.08. The van der Waals surface area contributed by atoms with Crippen LogP contribution in [0, 0.1) is 5.82 Å². The largest absolute Gasteiger partial charge is 0.508 e. The molecule has 0 saturated carbocycles. The van der Waals surface area contributed by atoms with Crippen molar-refractivity contribution in [3.8, 4) is 5.75 Å². The Morgan fingerprint density at radius 1 is 1.29 bits per heavy atom. The number of hydrogen-bond acceptors (Lipinski definition) is 2. The van der Waals surface area contributed by atoms with E-state index in [4.69, 9.17) is 11.6 Å². The predicted octanol–water partition coefficient (Wildman–Crippen LogP) is 4.02. The number of carbonyl (C=O) groups is 1. The molecular formula is C16H15ClFNO2. The molecule has 0 bridgehead atoms. The molecule has 0 aliphatic heterocycles. The minimum Gasteiger partial charge on any atom is -0.508 e. The van der Waals surface area contributed by atoms with Crippen LogP contribution in [-0.2, 0) is 0 Å². The van der Waals surface area contributed by atoms with Crippen molar-refractivity contribution < 1.29 is 14.3 Å². The Morgan fingerprint density at radius 3 is 2.57 bits per heavy atom. The number of phenols is 1. The lowest BCUT2D eigenvalue weighted by Gasteiger charge is -2.26. The summed E-state index contributed by atoms with van der Waals surface area (Å²) in [6.07, 6.45) is 0. The van der Waals surface area contributed by atoms with Gasteiger partial charge in [-0.3, -0.25) is 4.79 Å². The van der Waals surface area contributed by atoms with E-state index in [2.05, 4.69) is 0 Å². The molecule has 2 rings (SSSR count). The first-order valence-corrected chi connectivity index (χ1v) is 6.79. The molecule has 3 nitrogen and oxygen atoms in total. The van der Waals surface area contributed by atoms with E-state index in [1.54, 1.807) is 38.2 Å². The van der Waals surface area contributed by atoms with Gasteiger partial charge in [-0.25, -0.2) is 4.39 Å². The average molecular weight is 308 g/mol. The Balaban J connectivity index is 2.29. The summed E-state index contributed by atoms with van der Waals surface area (Å²) in [4.78, 5) is 13.7. The quantitative estimate of drug-likeness (QED) is 0.930. The maximum Gasteiger partial charge on any atom is 0.257 e. The van der Waals surface area contributed by atoms with Gasteiger partial charge in [-0.15, -0.1) is 0 Å². The van der Waals surface area contributed by atoms with Gasteiger partial charge < -0.3 is 10.0 Å². The van der Waals surface area contributed by atoms with Gasteiger partial charge in [0.05, 0.1) is 11.6 Å². The molecule has 21 heavy (non-hydrogen) atoms. The normalized spacial score (nSPS) is 12.0. The molecule has 0 spiro atoms. The second-order valence-electron chi connectivity index (χ2n) is 4.78. The molecule has 0 fully saturated rings. The standard InChI is InChI=1S/C16H15ClFNO2/c1-10(12-5-3-4-6-15(12)20)19(2)16(21)13-8-7-11(17)9-14(13)18/h3-10,20H,1-2H3. The first-order valence-electron chi connectivity index (χ1n) is 6.42. The molecule has 1 amide bonds. The maximum absolute atomic E-state index is 13.8. The van der Waals surface area contributed by atoms with Crippen LogP contribution in [-0.4, -0.2) is 23.0 Å². The summed E-state index contributed by atoms with van der Waals surface area (Å²) in [5.41, 5.74) is 0.548. The van der Waals surface area contributed by atoms with Crippen LogP contribution >= 0.6 is 11.6 Å². The number of aromatic hydroxyl groups is 1. The summed E-state index contributed by atoms with van der Waals surface area (Å²) < 4.78 is 13.8. The first kappa shape index (κ1) is 15.3. The Hall–Kier alpha value is -2.07. The van der Waals surface area contributed by atoms with Gasteiger partial charge in [-0.2, -0.15) is 0 Å². The zero-order valence-corrected chi connectivity index (χ0v) is 12.4. The Kier molecular flexibility index (Phi) is 4.48. The number of nitrogens with zero attached hydrogens (tertiary/aromatic N) is 1. The molecule has 1 unspecified atom stereocenters. The van der Waals surface area contributed by atoms with Crippen LogP contribution in [0.25, 0.3) is 0 Å². The van der Waals surface area contributed by atoms with Crippen molar-refractivity contribution in [2.24, 2.45) is 0 Å². The summed E-state index contributed by atoms with van der Waals surface area (Å²) >= 11 is 5.68. The van der Waals surface area contributed by atoms with Crippen molar-refractivity contribution in [1.82, 2.24) is 4.90 Å². The third-order valence-electron chi connectivity index (χ3n) is 3.45. The highest BCUT2D eigenvalue weighted by Crippen LogP contribution is 2.28. The molecule has 5 heteroatoms. The van der Waals surface area contributed by atoms with Gasteiger partial charge in [-0.1, -0.05) is 29.8 Å². The second-order valence-corrected chi connectivity index (χ2v) is 5.21. The van der Waals surface area contributed by atoms with Gasteiger partial charge in [0.2, 0.25) is 0 Å². The van der Waals surface area contributed by atoms with Gasteiger partial charge in [0.15, 0.2) is 0 Å². The van der Waals surface area contributed by atoms with Gasteiger partial charge in [0, 0.05) is 17.6 Å². The number of rotatable bonds is 3. The number of benzene rings is 2. The zero-order valence-electron chi connectivity index (χ0n) is 11.7. The van der Waals surface area contributed by atoms with Crippen molar-refractivity contribution in [1.29, 1.82) is 0 Å². The number of phenolic OH excluding ortho intramolecular Hbond substituents is 1. The number of halogens is 2. The smallest absolute Gasteiger partial charge is 0.257 e. The van der Waals surface area contributed by atoms with E-state index in [9.17, 15) is 14.3 Å². The molecule has 0 heterocycles. The zero-order chi connectivity index (χ0) is 15.6. The van der Waals surface area contributed by atoms with Crippen LogP contribution in [0.1, 0.15) is 28.9 Å². The molecule has 110 valence electrons. The minimum absolute atomic E-state index is 0.0517. The van der Waals surface area contributed by atoms with Crippen molar-refractivity contribution in [2.45, 2.75) is 13.0 Å². The second kappa shape index (κ2) is 6.14. The van der Waals surface area contributed by atoms with E-state index < -0.39 is 17.8 Å². The molecule has 0 aliphatic rings. The van der Waals surface area contributed by atoms with Crippen LogP contribution in [0.3, 0.4) is 0 Å². The van der Waals surface area contributed by atoms with Crippen LogP contribution in [0.2, 0.25) is 5.02 Å². The number of amides is 1. The van der Waals surface area contributed by atoms with E-state index >= 15 is 0 Å². The lowest BCUT2D eigenvalue weighted by molar-refractivity contribution is 0.0736. The lowest BCUT2D eigenvalue weighted by Crippen LogP contribution is -2.30. The van der Waals surface area contributed by atoms with Gasteiger partial charge in [0.25, 0.3) is 5.91 Å². The van der Waals surface area contributed by atoms with Crippen molar-refractivity contribution >= 4 is 17.5 Å². The molecule has 0 saturated heterocycles. The molecule has 1 N–H and O–H groups in total. The molecule has 1 atom stereocenters. The van der Waals surface area contributed by atoms with E-state index in [0.29, 0.717) is 5.56 Å². The highest BCUT2D eigenvalue weighted by molar-refractivity contribution is 6.30. The SMILES string of the molecule is CC(c1ccccc1O)N(C)C(=O)c1ccc(Cl)cc1F. The fraction of sp³-hybridized carbons (Fsp3) is 0.188. The summed E-state index contributed by atoms with van der Waals surface area (Å²) in [5.74, 6) is -1.04. The molecule has 0 aromatic heterocycles. The van der Waals surface area contributed by atoms with Crippen LogP contribution in [0.15, 0.2) is 42.5 Å². The highest BCUT2D eigenvalue weighted by Gasteiger charge is 2.23. The van der Waals surface area contributed by atoms with E-state index in [0.717, 1.165) is 6.07 Å². The molecule has 0 radical (unpaired) electrons. The third kappa shape index (κ3) is 3.16. The molecule has 0 aliphatic carbocycles. The lowest BCUT2D eigenvalue weighted by atomic mass is 10.0. The monoisotopic (exact) mass is 307 g/mol. The summed E-state index contributed by atoms with van der Waals surface area (Å²) in [6, 6.07) is 10.3. The molecular weight excluding hydrogens is 293 g/mol. The van der Waals surface area contributed by atoms with Gasteiger partial charge in [-0.05, 0) is 31.2 Å². The molecule has 2 aromatic rings. The van der Waals surface area contributed by atoms with Crippen molar-refractivity contribution in [2.75, 3.05) is 7.05 Å². The number of para-hydroxylation sites is 1. The van der Waals surface area contributed by atoms with Crippen LogP contribution in [0.4, 0.5) is 4.39 Å². The maximum atomic E-state index is 13.8. The minimum atomic E-state index is -0.663. The van der Waals surface area contributed by atoms with Crippen molar-refractivity contribution in [3.05, 3.63) is 64.4 Å². The molecule has 2 aromatic carbocycles. The van der Waals surface area contributed by atoms with E-state index in [-0.39, 0.29) is 16.3 Å². The van der Waals surface area contributed by atoms with Crippen molar-refractivity contribution in [3.63, 3.8) is 0 Å². The Labute approximate surface area is 127 Å². The first-order chi connectivity index (χ1) is 9.91. The predicted molar refractivity (Wildman–Crippen MR) is 80.0 cm³/mol. The summed E-state index contributed by atoms with van der Waals surface area (Å²) in [7, 11) is 1.56. The summed E-state index contributed by atoms with van der Waals surface area (Å²) in [6.45, 7) is 1.76. The van der Waals surface area contributed by atoms with E-state index in [1.807, 2.05) is 0 Å². The third-order valence-corrected chi connectivity index (χ3v) is 3.68. The Morgan fingerprint density at radius 2 is 1.95 bits per heavy atom.